The third-order valence-electron chi connectivity index (χ3n) is 14.7. The van der Waals surface area contributed by atoms with Gasteiger partial charge in [-0.3, -0.25) is 57.7 Å². The number of aliphatic hydroxyl groups is 2. The van der Waals surface area contributed by atoms with E-state index in [0.29, 0.717) is 29.3 Å². The van der Waals surface area contributed by atoms with E-state index in [1.807, 2.05) is 0 Å². The molecule has 31 heteroatoms. The van der Waals surface area contributed by atoms with Gasteiger partial charge >= 0.3 is 11.9 Å². The van der Waals surface area contributed by atoms with Gasteiger partial charge in [0.2, 0.25) is 59.1 Å². The molecule has 0 saturated carbocycles. The highest BCUT2D eigenvalue weighted by Crippen LogP contribution is 2.24. The normalized spacial score (nSPS) is 17.2. The molecule has 1 aliphatic heterocycles. The van der Waals surface area contributed by atoms with Crippen molar-refractivity contribution in [3.8, 4) is 0 Å². The number of nitrogens with two attached hydrogens (primary N) is 4. The fraction of sp³-hybridized carbons (Fsp3) is 0.618. The zero-order chi connectivity index (χ0) is 64.7. The maximum Gasteiger partial charge on any atom is 0.328 e. The van der Waals surface area contributed by atoms with Crippen molar-refractivity contribution in [3.63, 3.8) is 0 Å². The number of carboxylic acids is 2. The van der Waals surface area contributed by atoms with Gasteiger partial charge in [-0.25, -0.2) is 4.79 Å². The zero-order valence-electron chi connectivity index (χ0n) is 49.6. The molecule has 31 nitrogen and oxygen atoms in total. The SMILES string of the molecule is CC[C@H](C)[C@H](NC(=O)[C@H](CCCN=C(N)N)NC(=O)[C@H](CC(=O)O)NC(=O)[C@H](CC(C)C)NC(=O)[C@H](CC(N)=O)NC(=O)[C@H](Cc1c[nH]c2ccccc12)NC(=O)[C@@H]1CCCN1C(=O)[C@@H](NC(=O)[C@@H](N)CO)[C@@H](C)CC)C(=O)N[C@H](C(=O)O)[C@@H](C)O. The Bertz CT molecular complexity index is 2750. The molecule has 1 aromatic heterocycles. The van der Waals surface area contributed by atoms with Crippen LogP contribution in [0.4, 0.5) is 0 Å². The number of aliphatic imine (C=N–C) groups is 1. The summed E-state index contributed by atoms with van der Waals surface area (Å²) in [5.41, 5.74) is 23.5. The minimum atomic E-state index is -1.96. The molecule has 0 bridgehead atoms. The number of amides is 10. The van der Waals surface area contributed by atoms with Crippen molar-refractivity contribution < 1.29 is 78.0 Å². The maximum absolute atomic E-state index is 14.6. The molecule has 1 aliphatic rings. The van der Waals surface area contributed by atoms with Crippen LogP contribution in [0.15, 0.2) is 35.5 Å². The molecule has 21 N–H and O–H groups in total. The van der Waals surface area contributed by atoms with Gasteiger partial charge in [-0.15, -0.1) is 0 Å². The van der Waals surface area contributed by atoms with Gasteiger partial charge in [-0.05, 0) is 68.4 Å². The lowest BCUT2D eigenvalue weighted by molar-refractivity contribution is -0.145. The summed E-state index contributed by atoms with van der Waals surface area (Å²) < 4.78 is 0. The fourth-order valence-corrected chi connectivity index (χ4v) is 9.45. The number of carbonyl (C=O) groups is 12. The molecule has 478 valence electrons. The number of aromatic nitrogens is 1. The first-order valence-corrected chi connectivity index (χ1v) is 28.6. The molecule has 0 radical (unpaired) electrons. The number of primary amides is 1. The number of hydrogen-bond acceptors (Lipinski definition) is 16. The molecular weight excluding hydrogens is 1130 g/mol. The number of nitrogens with zero attached hydrogens (tertiary/aromatic N) is 2. The van der Waals surface area contributed by atoms with Crippen molar-refractivity contribution in [2.24, 2.45) is 45.7 Å². The average Bonchev–Trinajstić information content (AvgIpc) is 2.11. The standard InChI is InChI=1S/C55H87N15O16/c1-8-27(5)42(52(83)69-44(29(7)72)54(85)86)67-46(77)34(16-12-18-60-55(58)59)62-50(81)38(23-41(74)75)65-47(78)35(20-26(3)4)63-49(80)37(22-40(57)73)64-48(79)36(21-30-24-61-33-15-11-10-14-31(30)33)66-51(82)39-17-13-19-70(39)53(84)43(28(6)9-2)68-45(76)32(56)25-71/h10-11,14-15,24,26-29,32,34-39,42-44,61,71-72H,8-9,12-13,16-23,25,56H2,1-7H3,(H2,57,73)(H,62,81)(H,63,80)(H,64,79)(H,65,78)(H,66,82)(H,67,77)(H,68,76)(H,69,83)(H,74,75)(H,85,86)(H4,58,59,60)/t27-,28-,29+,32-,34-,35-,36-,37-,38-,39-,42-,43-,44-/m0/s1. The van der Waals surface area contributed by atoms with Crippen molar-refractivity contribution in [1.82, 2.24) is 52.4 Å². The first-order valence-electron chi connectivity index (χ1n) is 28.6. The number of hydrogen-bond donors (Lipinski definition) is 17. The summed E-state index contributed by atoms with van der Waals surface area (Å²) in [6.07, 6.45) is -1.29. The molecule has 0 aliphatic carbocycles. The highest BCUT2D eigenvalue weighted by atomic mass is 16.4. The van der Waals surface area contributed by atoms with E-state index < -0.39 is 175 Å². The summed E-state index contributed by atoms with van der Waals surface area (Å²) >= 11 is 0. The number of benzene rings is 1. The summed E-state index contributed by atoms with van der Waals surface area (Å²) in [7, 11) is 0. The number of H-pyrrole nitrogens is 1. The molecule has 0 unspecified atom stereocenters. The van der Waals surface area contributed by atoms with E-state index in [4.69, 9.17) is 22.9 Å². The second-order valence-corrected chi connectivity index (χ2v) is 22.0. The van der Waals surface area contributed by atoms with Crippen LogP contribution in [0.2, 0.25) is 0 Å². The van der Waals surface area contributed by atoms with Gasteiger partial charge in [-0.2, -0.15) is 0 Å². The summed E-state index contributed by atoms with van der Waals surface area (Å²) in [5.74, 6) is -14.7. The Morgan fingerprint density at radius 2 is 1.21 bits per heavy atom. The van der Waals surface area contributed by atoms with Crippen molar-refractivity contribution in [2.75, 3.05) is 19.7 Å². The van der Waals surface area contributed by atoms with Gasteiger partial charge in [0.1, 0.15) is 54.4 Å². The molecule has 1 aromatic carbocycles. The monoisotopic (exact) mass is 1210 g/mol. The second-order valence-electron chi connectivity index (χ2n) is 22.0. The van der Waals surface area contributed by atoms with Crippen molar-refractivity contribution in [1.29, 1.82) is 0 Å². The number of carboxylic acid groups (broad SMARTS) is 2. The van der Waals surface area contributed by atoms with Crippen LogP contribution in [0.25, 0.3) is 10.9 Å². The lowest BCUT2D eigenvalue weighted by Gasteiger charge is -2.32. The number of aliphatic carboxylic acids is 2. The summed E-state index contributed by atoms with van der Waals surface area (Å²) in [6, 6.07) is -8.27. The Kier molecular flexibility index (Phi) is 28.8. The zero-order valence-corrected chi connectivity index (χ0v) is 49.6. The van der Waals surface area contributed by atoms with E-state index in [1.54, 1.807) is 72.0 Å². The largest absolute Gasteiger partial charge is 0.481 e. The first kappa shape index (κ1) is 71.8. The van der Waals surface area contributed by atoms with Crippen molar-refractivity contribution in [3.05, 3.63) is 36.0 Å². The van der Waals surface area contributed by atoms with Crippen molar-refractivity contribution in [2.45, 2.75) is 179 Å². The third kappa shape index (κ3) is 21.9. The first-order chi connectivity index (χ1) is 40.4. The van der Waals surface area contributed by atoms with E-state index in [-0.39, 0.29) is 57.6 Å². The van der Waals surface area contributed by atoms with Crippen LogP contribution in [-0.4, -0.2) is 193 Å². The summed E-state index contributed by atoms with van der Waals surface area (Å²) in [6.45, 7) is 10.5. The molecular formula is C55H87N15O16. The molecule has 1 fully saturated rings. The molecule has 10 amide bonds. The fourth-order valence-electron chi connectivity index (χ4n) is 9.45. The number of fused-ring (bicyclic) bond motifs is 1. The molecule has 0 spiro atoms. The van der Waals surface area contributed by atoms with Crippen LogP contribution in [0.5, 0.6) is 0 Å². The number of aromatic amines is 1. The van der Waals surface area contributed by atoms with Gasteiger partial charge in [0.25, 0.3) is 0 Å². The molecule has 1 saturated heterocycles. The van der Waals surface area contributed by atoms with Crippen LogP contribution >= 0.6 is 0 Å². The molecule has 3 rings (SSSR count). The lowest BCUT2D eigenvalue weighted by atomic mass is 9.96. The molecule has 13 atom stereocenters. The van der Waals surface area contributed by atoms with E-state index in [1.165, 1.54) is 4.90 Å². The number of guanidine groups is 1. The van der Waals surface area contributed by atoms with E-state index in [2.05, 4.69) is 52.5 Å². The van der Waals surface area contributed by atoms with Crippen LogP contribution in [-0.2, 0) is 64.0 Å². The number of rotatable bonds is 36. The molecule has 2 heterocycles. The molecule has 2 aromatic rings. The Balaban J connectivity index is 1.98. The van der Waals surface area contributed by atoms with Crippen LogP contribution in [0, 0.1) is 17.8 Å². The van der Waals surface area contributed by atoms with Crippen LogP contribution < -0.4 is 65.5 Å². The highest BCUT2D eigenvalue weighted by Gasteiger charge is 2.42. The van der Waals surface area contributed by atoms with E-state index >= 15 is 0 Å². The quantitative estimate of drug-likeness (QED) is 0.0175. The van der Waals surface area contributed by atoms with Gasteiger partial charge in [0.15, 0.2) is 12.0 Å². The number of para-hydroxylation sites is 1. The minimum absolute atomic E-state index is 0.0156. The van der Waals surface area contributed by atoms with E-state index in [0.717, 1.165) is 6.92 Å². The van der Waals surface area contributed by atoms with Crippen molar-refractivity contribution >= 4 is 87.9 Å². The van der Waals surface area contributed by atoms with Crippen LogP contribution in [0.3, 0.4) is 0 Å². The number of nitrogens with one attached hydrogen (secondary N) is 9. The van der Waals surface area contributed by atoms with Gasteiger partial charge in [0.05, 0.1) is 25.6 Å². The van der Waals surface area contributed by atoms with Gasteiger partial charge in [0, 0.05) is 36.6 Å². The number of carbonyl (C=O) groups excluding carboxylic acids is 10. The third-order valence-corrected chi connectivity index (χ3v) is 14.7. The highest BCUT2D eigenvalue weighted by molar-refractivity contribution is 6.00. The number of aliphatic hydroxyl groups excluding tert-OH is 2. The maximum atomic E-state index is 14.6. The smallest absolute Gasteiger partial charge is 0.328 e. The Morgan fingerprint density at radius 1 is 0.674 bits per heavy atom. The Labute approximate surface area is 497 Å². The average molecular weight is 1210 g/mol. The minimum Gasteiger partial charge on any atom is -0.481 e. The van der Waals surface area contributed by atoms with Crippen LogP contribution in [0.1, 0.15) is 112 Å². The lowest BCUT2D eigenvalue weighted by Crippen LogP contribution is -2.61. The summed E-state index contributed by atoms with van der Waals surface area (Å²) in [4.78, 5) is 171. The van der Waals surface area contributed by atoms with Gasteiger partial charge < -0.3 is 95.8 Å². The number of likely N-dealkylation sites (tertiary alicyclic amines) is 1. The Morgan fingerprint density at radius 3 is 1.77 bits per heavy atom. The van der Waals surface area contributed by atoms with Gasteiger partial charge in [-0.1, -0.05) is 72.6 Å². The predicted octanol–water partition coefficient (Wildman–Crippen LogP) is -4.09. The summed E-state index contributed by atoms with van der Waals surface area (Å²) in [5, 5.41) is 59.4. The predicted molar refractivity (Wildman–Crippen MR) is 311 cm³/mol. The second kappa shape index (κ2) is 34.5. The topological polar surface area (TPSA) is 517 Å². The van der Waals surface area contributed by atoms with E-state index in [9.17, 15) is 78.0 Å². The molecule has 86 heavy (non-hydrogen) atoms. The Hall–Kier alpha value is -8.45.